The number of aromatic nitrogens is 3. The van der Waals surface area contributed by atoms with Crippen molar-refractivity contribution in [2.24, 2.45) is 5.73 Å². The van der Waals surface area contributed by atoms with Crippen molar-refractivity contribution in [3.8, 4) is 11.1 Å². The van der Waals surface area contributed by atoms with Crippen molar-refractivity contribution in [1.29, 1.82) is 0 Å². The molecule has 3 aromatic heterocycles. The third kappa shape index (κ3) is 4.82. The van der Waals surface area contributed by atoms with Crippen LogP contribution in [-0.4, -0.2) is 26.6 Å². The average molecular weight is 588 g/mol. The van der Waals surface area contributed by atoms with Gasteiger partial charge in [0.05, 0.1) is 15.9 Å². The molecule has 36 heavy (non-hydrogen) atoms. The van der Waals surface area contributed by atoms with Gasteiger partial charge in [-0.25, -0.2) is 13.8 Å². The molecule has 0 aliphatic carbocycles. The van der Waals surface area contributed by atoms with Crippen LogP contribution in [0.25, 0.3) is 21.3 Å². The van der Waals surface area contributed by atoms with Crippen molar-refractivity contribution in [3.63, 3.8) is 0 Å². The SMILES string of the molecule is Cc1c(Br)c(C(F)F)nn1CC(=O)Nc1c(C(N)=O)sc2nc(C(F)(F)F)cc(-c3ccccc3)c12. The maximum Gasteiger partial charge on any atom is 0.433 e. The van der Waals surface area contributed by atoms with Gasteiger partial charge in [-0.3, -0.25) is 14.3 Å². The minimum atomic E-state index is -4.77. The summed E-state index contributed by atoms with van der Waals surface area (Å²) in [5, 5.41) is 6.33. The third-order valence-electron chi connectivity index (χ3n) is 5.18. The van der Waals surface area contributed by atoms with Crippen LogP contribution in [0.2, 0.25) is 0 Å². The fourth-order valence-corrected chi connectivity index (χ4v) is 5.00. The maximum absolute atomic E-state index is 13.6. The number of benzene rings is 1. The fourth-order valence-electron chi connectivity index (χ4n) is 3.54. The summed E-state index contributed by atoms with van der Waals surface area (Å²) in [5.41, 5.74) is 4.33. The zero-order chi connectivity index (χ0) is 26.4. The Kier molecular flexibility index (Phi) is 6.84. The second kappa shape index (κ2) is 9.58. The van der Waals surface area contributed by atoms with Crippen molar-refractivity contribution in [2.75, 3.05) is 5.32 Å². The first-order chi connectivity index (χ1) is 16.9. The fraction of sp³-hybridized carbons (Fsp3) is 0.182. The molecule has 4 aromatic rings. The molecule has 2 amide bonds. The number of fused-ring (bicyclic) bond motifs is 1. The molecule has 0 saturated heterocycles. The molecule has 0 saturated carbocycles. The summed E-state index contributed by atoms with van der Waals surface area (Å²) in [6.45, 7) is 0.961. The van der Waals surface area contributed by atoms with Gasteiger partial charge in [0.1, 0.15) is 27.6 Å². The first-order valence-corrected chi connectivity index (χ1v) is 11.7. The number of amides is 2. The first kappa shape index (κ1) is 25.7. The molecule has 1 aromatic carbocycles. The first-order valence-electron chi connectivity index (χ1n) is 10.1. The molecule has 3 N–H and O–H groups in total. The summed E-state index contributed by atoms with van der Waals surface area (Å²) in [7, 11) is 0. The number of nitrogens with zero attached hydrogens (tertiary/aromatic N) is 3. The minimum absolute atomic E-state index is 0.0411. The Hall–Kier alpha value is -3.39. The average Bonchev–Trinajstić information content (AvgIpc) is 3.31. The van der Waals surface area contributed by atoms with Crippen LogP contribution in [0.5, 0.6) is 0 Å². The van der Waals surface area contributed by atoms with Crippen molar-refractivity contribution in [3.05, 3.63) is 62.8 Å². The van der Waals surface area contributed by atoms with Gasteiger partial charge in [0.2, 0.25) is 5.91 Å². The van der Waals surface area contributed by atoms with Crippen LogP contribution < -0.4 is 11.1 Å². The number of hydrogen-bond acceptors (Lipinski definition) is 5. The molecule has 7 nitrogen and oxygen atoms in total. The smallest absolute Gasteiger partial charge is 0.365 e. The molecule has 0 spiro atoms. The van der Waals surface area contributed by atoms with E-state index in [9.17, 15) is 31.5 Å². The van der Waals surface area contributed by atoms with E-state index < -0.39 is 42.3 Å². The van der Waals surface area contributed by atoms with E-state index >= 15 is 0 Å². The molecule has 0 atom stereocenters. The van der Waals surface area contributed by atoms with E-state index in [2.05, 4.69) is 31.3 Å². The lowest BCUT2D eigenvalue weighted by Crippen LogP contribution is -2.22. The second-order valence-electron chi connectivity index (χ2n) is 7.56. The molecule has 0 unspecified atom stereocenters. The Balaban J connectivity index is 1.85. The Morgan fingerprint density at radius 1 is 1.22 bits per heavy atom. The van der Waals surface area contributed by atoms with Gasteiger partial charge < -0.3 is 11.1 Å². The maximum atomic E-state index is 13.6. The number of halogens is 6. The van der Waals surface area contributed by atoms with Crippen LogP contribution in [0.15, 0.2) is 40.9 Å². The number of anilines is 1. The number of nitrogens with one attached hydrogen (secondary N) is 1. The standard InChI is InChI=1S/C22H15BrF5N5O2S/c1-9-15(23)17(19(24)25)32-33(9)8-13(34)31-16-14-11(10-5-3-2-4-6-10)7-12(22(26,27)28)30-21(14)36-18(16)20(29)35/h2-7,19H,8H2,1H3,(H2,29,35)(H,31,34). The number of carbonyl (C=O) groups excluding carboxylic acids is 2. The lowest BCUT2D eigenvalue weighted by atomic mass is 10.0. The van der Waals surface area contributed by atoms with E-state index in [1.54, 1.807) is 30.3 Å². The molecule has 4 rings (SSSR count). The summed E-state index contributed by atoms with van der Waals surface area (Å²) in [6.07, 6.45) is -7.65. The van der Waals surface area contributed by atoms with Crippen molar-refractivity contribution in [1.82, 2.24) is 14.8 Å². The molecule has 0 aliphatic heterocycles. The van der Waals surface area contributed by atoms with Crippen LogP contribution in [0.4, 0.5) is 27.6 Å². The monoisotopic (exact) mass is 587 g/mol. The molecular formula is C22H15BrF5N5O2S. The van der Waals surface area contributed by atoms with Gasteiger partial charge in [0.25, 0.3) is 12.3 Å². The summed E-state index contributed by atoms with van der Waals surface area (Å²) in [4.78, 5) is 28.3. The summed E-state index contributed by atoms with van der Waals surface area (Å²) >= 11 is 3.62. The highest BCUT2D eigenvalue weighted by Gasteiger charge is 2.35. The molecule has 0 aliphatic rings. The lowest BCUT2D eigenvalue weighted by Gasteiger charge is -2.12. The Morgan fingerprint density at radius 2 is 1.89 bits per heavy atom. The van der Waals surface area contributed by atoms with E-state index in [0.29, 0.717) is 16.9 Å². The normalized spacial score (nSPS) is 11.9. The van der Waals surface area contributed by atoms with Crippen molar-refractivity contribution >= 4 is 55.0 Å². The van der Waals surface area contributed by atoms with Crippen LogP contribution in [0.3, 0.4) is 0 Å². The quantitative estimate of drug-likeness (QED) is 0.273. The zero-order valence-corrected chi connectivity index (χ0v) is 20.6. The van der Waals surface area contributed by atoms with Gasteiger partial charge in [-0.2, -0.15) is 18.3 Å². The van der Waals surface area contributed by atoms with Gasteiger partial charge in [-0.05, 0) is 40.0 Å². The van der Waals surface area contributed by atoms with Gasteiger partial charge in [-0.1, -0.05) is 30.3 Å². The van der Waals surface area contributed by atoms with Crippen LogP contribution in [-0.2, 0) is 17.5 Å². The molecule has 0 fully saturated rings. The number of alkyl halides is 5. The Labute approximate surface area is 212 Å². The highest BCUT2D eigenvalue weighted by molar-refractivity contribution is 9.10. The second-order valence-corrected chi connectivity index (χ2v) is 9.35. The molecule has 188 valence electrons. The van der Waals surface area contributed by atoms with E-state index in [-0.39, 0.29) is 36.5 Å². The molecule has 14 heteroatoms. The van der Waals surface area contributed by atoms with Gasteiger partial charge in [0.15, 0.2) is 0 Å². The number of carbonyl (C=O) groups is 2. The Morgan fingerprint density at radius 3 is 2.44 bits per heavy atom. The minimum Gasteiger partial charge on any atom is -0.365 e. The lowest BCUT2D eigenvalue weighted by molar-refractivity contribution is -0.140. The molecule has 0 radical (unpaired) electrons. The van der Waals surface area contributed by atoms with Crippen LogP contribution >= 0.6 is 27.3 Å². The summed E-state index contributed by atoms with van der Waals surface area (Å²) in [6, 6.07) is 8.88. The predicted octanol–water partition coefficient (Wildman–Crippen LogP) is 5.92. The van der Waals surface area contributed by atoms with Crippen LogP contribution in [0.1, 0.15) is 33.2 Å². The van der Waals surface area contributed by atoms with E-state index in [1.807, 2.05) is 0 Å². The van der Waals surface area contributed by atoms with E-state index in [1.165, 1.54) is 6.92 Å². The third-order valence-corrected chi connectivity index (χ3v) is 7.26. The summed E-state index contributed by atoms with van der Waals surface area (Å²) < 4.78 is 68.1. The predicted molar refractivity (Wildman–Crippen MR) is 127 cm³/mol. The number of thiophene rings is 1. The zero-order valence-electron chi connectivity index (χ0n) is 18.2. The highest BCUT2D eigenvalue weighted by atomic mass is 79.9. The topological polar surface area (TPSA) is 103 Å². The molecule has 0 bridgehead atoms. The summed E-state index contributed by atoms with van der Waals surface area (Å²) in [5.74, 6) is -1.76. The van der Waals surface area contributed by atoms with Crippen molar-refractivity contribution in [2.45, 2.75) is 26.1 Å². The number of pyridine rings is 1. The van der Waals surface area contributed by atoms with Gasteiger partial charge in [0, 0.05) is 5.39 Å². The molecular weight excluding hydrogens is 573 g/mol. The molecule has 3 heterocycles. The van der Waals surface area contributed by atoms with Crippen molar-refractivity contribution < 1.29 is 31.5 Å². The van der Waals surface area contributed by atoms with Crippen LogP contribution in [0, 0.1) is 6.92 Å². The number of rotatable bonds is 6. The van der Waals surface area contributed by atoms with E-state index in [0.717, 1.165) is 10.7 Å². The van der Waals surface area contributed by atoms with Gasteiger partial charge in [-0.15, -0.1) is 11.3 Å². The highest BCUT2D eigenvalue weighted by Crippen LogP contribution is 2.43. The number of primary amides is 1. The van der Waals surface area contributed by atoms with Gasteiger partial charge >= 0.3 is 6.18 Å². The Bertz CT molecular complexity index is 1480. The van der Waals surface area contributed by atoms with E-state index in [4.69, 9.17) is 5.73 Å². The number of hydrogen-bond donors (Lipinski definition) is 2. The number of nitrogens with two attached hydrogens (primary N) is 1. The largest absolute Gasteiger partial charge is 0.433 e.